The molecule has 0 amide bonds. The summed E-state index contributed by atoms with van der Waals surface area (Å²) in [7, 11) is 0. The van der Waals surface area contributed by atoms with Crippen molar-refractivity contribution in [2.75, 3.05) is 6.67 Å². The van der Waals surface area contributed by atoms with Gasteiger partial charge in [-0.15, -0.1) is 0 Å². The Morgan fingerprint density at radius 3 is 2.11 bits per heavy atom. The van der Waals surface area contributed by atoms with E-state index < -0.39 is 18.6 Å². The Balaban J connectivity index is 3.83. The molecule has 0 saturated heterocycles. The van der Waals surface area contributed by atoms with Crippen molar-refractivity contribution in [3.63, 3.8) is 0 Å². The number of carbonyl (C=O) groups is 1. The molecular formula is C6H11FO2. The number of hydrogen-bond donors (Lipinski definition) is 1. The molecule has 9 heavy (non-hydrogen) atoms. The minimum Gasteiger partial charge on any atom is -0.481 e. The van der Waals surface area contributed by atoms with Crippen LogP contribution in [0.3, 0.4) is 0 Å². The molecule has 0 aliphatic carbocycles. The maximum Gasteiger partial charge on any atom is 0.309 e. The number of carboxylic acids is 1. The molecule has 1 unspecified atom stereocenters. The molecule has 0 spiro atoms. The van der Waals surface area contributed by atoms with Crippen LogP contribution in [-0.4, -0.2) is 17.8 Å². The van der Waals surface area contributed by atoms with Gasteiger partial charge >= 0.3 is 5.97 Å². The highest BCUT2D eigenvalue weighted by Gasteiger charge is 2.20. The number of aliphatic carboxylic acids is 1. The van der Waals surface area contributed by atoms with Crippen LogP contribution >= 0.6 is 0 Å². The summed E-state index contributed by atoms with van der Waals surface area (Å²) in [5.41, 5.74) is 0. The normalized spacial score (nSPS) is 13.8. The fraction of sp³-hybridized carbons (Fsp3) is 0.833. The van der Waals surface area contributed by atoms with Crippen molar-refractivity contribution in [1.82, 2.24) is 0 Å². The van der Waals surface area contributed by atoms with Gasteiger partial charge in [-0.25, -0.2) is 0 Å². The average Bonchev–Trinajstić information content (AvgIpc) is 1.64. The van der Waals surface area contributed by atoms with E-state index in [1.807, 2.05) is 0 Å². The second-order valence-electron chi connectivity index (χ2n) is 2.34. The van der Waals surface area contributed by atoms with Crippen molar-refractivity contribution in [3.05, 3.63) is 0 Å². The zero-order valence-corrected chi connectivity index (χ0v) is 5.60. The van der Waals surface area contributed by atoms with Gasteiger partial charge in [-0.1, -0.05) is 13.8 Å². The Bertz CT molecular complexity index is 101. The monoisotopic (exact) mass is 134 g/mol. The molecular weight excluding hydrogens is 123 g/mol. The number of halogens is 1. The van der Waals surface area contributed by atoms with Crippen LogP contribution in [0.15, 0.2) is 0 Å². The first kappa shape index (κ1) is 8.40. The maximum absolute atomic E-state index is 11.8. The van der Waals surface area contributed by atoms with Crippen molar-refractivity contribution < 1.29 is 14.3 Å². The number of carboxylic acid groups (broad SMARTS) is 1. The van der Waals surface area contributed by atoms with Gasteiger partial charge in [-0.05, 0) is 5.92 Å². The van der Waals surface area contributed by atoms with Crippen molar-refractivity contribution in [2.24, 2.45) is 11.8 Å². The molecule has 0 aromatic heterocycles. The third-order valence-corrected chi connectivity index (χ3v) is 1.29. The van der Waals surface area contributed by atoms with Crippen LogP contribution in [0.2, 0.25) is 0 Å². The van der Waals surface area contributed by atoms with Crippen LogP contribution in [0.4, 0.5) is 4.39 Å². The first-order chi connectivity index (χ1) is 4.09. The largest absolute Gasteiger partial charge is 0.481 e. The highest BCUT2D eigenvalue weighted by atomic mass is 19.1. The Hall–Kier alpha value is -0.600. The summed E-state index contributed by atoms with van der Waals surface area (Å²) in [6.45, 7) is 2.61. The van der Waals surface area contributed by atoms with Gasteiger partial charge in [0, 0.05) is 0 Å². The quantitative estimate of drug-likeness (QED) is 0.631. The van der Waals surface area contributed by atoms with E-state index >= 15 is 0 Å². The molecule has 54 valence electrons. The second-order valence-corrected chi connectivity index (χ2v) is 2.34. The molecule has 0 aliphatic rings. The molecule has 0 aromatic rings. The molecule has 2 nitrogen and oxygen atoms in total. The Labute approximate surface area is 53.7 Å². The summed E-state index contributed by atoms with van der Waals surface area (Å²) >= 11 is 0. The fourth-order valence-electron chi connectivity index (χ4n) is 0.529. The molecule has 0 fully saturated rings. The molecule has 3 heteroatoms. The molecule has 1 N–H and O–H groups in total. The summed E-state index contributed by atoms with van der Waals surface area (Å²) in [4.78, 5) is 10.1. The summed E-state index contributed by atoms with van der Waals surface area (Å²) < 4.78 is 11.8. The van der Waals surface area contributed by atoms with E-state index in [0.717, 1.165) is 0 Å². The van der Waals surface area contributed by atoms with Gasteiger partial charge in [0.1, 0.15) is 6.67 Å². The van der Waals surface area contributed by atoms with E-state index in [0.29, 0.717) is 0 Å². The smallest absolute Gasteiger partial charge is 0.309 e. The van der Waals surface area contributed by atoms with E-state index in [-0.39, 0.29) is 5.92 Å². The standard InChI is InChI=1S/C6H11FO2/c1-4(2)5(3-7)6(8)9/h4-5H,3H2,1-2H3,(H,8,9). The Morgan fingerprint density at radius 1 is 1.67 bits per heavy atom. The third-order valence-electron chi connectivity index (χ3n) is 1.29. The lowest BCUT2D eigenvalue weighted by Crippen LogP contribution is -2.21. The fourth-order valence-corrected chi connectivity index (χ4v) is 0.529. The predicted octanol–water partition coefficient (Wildman–Crippen LogP) is 1.31. The van der Waals surface area contributed by atoms with Crippen LogP contribution in [0.25, 0.3) is 0 Å². The van der Waals surface area contributed by atoms with Gasteiger partial charge in [0.2, 0.25) is 0 Å². The van der Waals surface area contributed by atoms with Crippen LogP contribution in [-0.2, 0) is 4.79 Å². The first-order valence-electron chi connectivity index (χ1n) is 2.88. The third kappa shape index (κ3) is 2.44. The van der Waals surface area contributed by atoms with E-state index in [9.17, 15) is 9.18 Å². The van der Waals surface area contributed by atoms with Crippen molar-refractivity contribution in [1.29, 1.82) is 0 Å². The summed E-state index contributed by atoms with van der Waals surface area (Å²) in [6, 6.07) is 0. The van der Waals surface area contributed by atoms with Gasteiger partial charge in [0.15, 0.2) is 0 Å². The zero-order valence-electron chi connectivity index (χ0n) is 5.60. The minimum absolute atomic E-state index is 0.118. The Morgan fingerprint density at radius 2 is 2.11 bits per heavy atom. The second kappa shape index (κ2) is 3.43. The van der Waals surface area contributed by atoms with Gasteiger partial charge in [-0.2, -0.15) is 0 Å². The molecule has 1 atom stereocenters. The summed E-state index contributed by atoms with van der Waals surface area (Å²) in [6.07, 6.45) is 0. The van der Waals surface area contributed by atoms with Crippen LogP contribution in [0.1, 0.15) is 13.8 Å². The maximum atomic E-state index is 11.8. The SMILES string of the molecule is CC(C)C(CF)C(=O)O. The van der Waals surface area contributed by atoms with Gasteiger partial charge in [0.25, 0.3) is 0 Å². The van der Waals surface area contributed by atoms with E-state index in [4.69, 9.17) is 5.11 Å². The lowest BCUT2D eigenvalue weighted by molar-refractivity contribution is -0.143. The van der Waals surface area contributed by atoms with Gasteiger partial charge in [0.05, 0.1) is 5.92 Å². The number of hydrogen-bond acceptors (Lipinski definition) is 1. The summed E-state index contributed by atoms with van der Waals surface area (Å²) in [5, 5.41) is 8.30. The highest BCUT2D eigenvalue weighted by molar-refractivity contribution is 5.70. The zero-order chi connectivity index (χ0) is 7.44. The van der Waals surface area contributed by atoms with E-state index in [1.54, 1.807) is 13.8 Å². The van der Waals surface area contributed by atoms with E-state index in [1.165, 1.54) is 0 Å². The predicted molar refractivity (Wildman–Crippen MR) is 31.9 cm³/mol. The van der Waals surface area contributed by atoms with E-state index in [2.05, 4.69) is 0 Å². The van der Waals surface area contributed by atoms with Gasteiger partial charge < -0.3 is 5.11 Å². The highest BCUT2D eigenvalue weighted by Crippen LogP contribution is 2.10. The topological polar surface area (TPSA) is 37.3 Å². The van der Waals surface area contributed by atoms with Crippen molar-refractivity contribution in [3.8, 4) is 0 Å². The average molecular weight is 134 g/mol. The molecule has 0 saturated carbocycles. The first-order valence-corrected chi connectivity index (χ1v) is 2.88. The summed E-state index contributed by atoms with van der Waals surface area (Å²) in [5.74, 6) is -2.00. The van der Waals surface area contributed by atoms with Crippen molar-refractivity contribution in [2.45, 2.75) is 13.8 Å². The molecule has 0 rings (SSSR count). The number of alkyl halides is 1. The van der Waals surface area contributed by atoms with Crippen LogP contribution < -0.4 is 0 Å². The Kier molecular flexibility index (Phi) is 3.20. The molecule has 0 radical (unpaired) electrons. The van der Waals surface area contributed by atoms with Gasteiger partial charge in [-0.3, -0.25) is 9.18 Å². The molecule has 0 heterocycles. The minimum atomic E-state index is -1.05. The molecule has 0 bridgehead atoms. The molecule has 0 aliphatic heterocycles. The lowest BCUT2D eigenvalue weighted by atomic mass is 9.98. The number of rotatable bonds is 3. The van der Waals surface area contributed by atoms with Crippen LogP contribution in [0, 0.1) is 11.8 Å². The molecule has 0 aromatic carbocycles. The van der Waals surface area contributed by atoms with Crippen LogP contribution in [0.5, 0.6) is 0 Å². The van der Waals surface area contributed by atoms with Crippen molar-refractivity contribution >= 4 is 5.97 Å². The lowest BCUT2D eigenvalue weighted by Gasteiger charge is -2.10.